The number of carbonyl (C=O) groups is 2. The molecule has 0 aliphatic carbocycles. The fourth-order valence-electron chi connectivity index (χ4n) is 3.31. The van der Waals surface area contributed by atoms with Crippen LogP contribution in [0.15, 0.2) is 36.4 Å². The first-order valence-corrected chi connectivity index (χ1v) is 13.1. The maximum absolute atomic E-state index is 13.5. The first kappa shape index (κ1) is 28.3. The number of anilines is 1. The Morgan fingerprint density at radius 2 is 1.80 bits per heavy atom. The number of halogens is 2. The van der Waals surface area contributed by atoms with Gasteiger partial charge in [0.1, 0.15) is 12.6 Å². The number of likely N-dealkylation sites (N-methyl/N-ethyl adjacent to an activating group) is 1. The Labute approximate surface area is 214 Å². The van der Waals surface area contributed by atoms with E-state index in [1.54, 1.807) is 32.0 Å². The van der Waals surface area contributed by atoms with E-state index in [4.69, 9.17) is 23.2 Å². The van der Waals surface area contributed by atoms with E-state index in [-0.39, 0.29) is 22.9 Å². The zero-order chi connectivity index (χ0) is 26.5. The zero-order valence-corrected chi connectivity index (χ0v) is 21.9. The zero-order valence-electron chi connectivity index (χ0n) is 19.6. The van der Waals surface area contributed by atoms with Crippen LogP contribution in [0.5, 0.6) is 0 Å². The first-order chi connectivity index (χ1) is 16.3. The highest BCUT2D eigenvalue weighted by Crippen LogP contribution is 2.28. The topological polar surface area (TPSA) is 130 Å². The maximum Gasteiger partial charge on any atom is 0.271 e. The summed E-state index contributed by atoms with van der Waals surface area (Å²) in [5, 5.41) is 14.5. The van der Waals surface area contributed by atoms with Crippen LogP contribution in [-0.2, 0) is 26.2 Å². The number of nitrogens with one attached hydrogen (secondary N) is 1. The molecule has 0 bridgehead atoms. The Kier molecular flexibility index (Phi) is 9.47. The van der Waals surface area contributed by atoms with Gasteiger partial charge in [0, 0.05) is 25.2 Å². The fourth-order valence-corrected chi connectivity index (χ4v) is 4.53. The van der Waals surface area contributed by atoms with Crippen molar-refractivity contribution < 1.29 is 22.9 Å². The molecule has 190 valence electrons. The van der Waals surface area contributed by atoms with E-state index in [9.17, 15) is 28.1 Å². The number of non-ortho nitro benzene ring substituents is 1. The van der Waals surface area contributed by atoms with Crippen molar-refractivity contribution in [3.63, 3.8) is 0 Å². The third-order valence-corrected chi connectivity index (χ3v) is 7.07. The lowest BCUT2D eigenvalue weighted by atomic mass is 10.1. The van der Waals surface area contributed by atoms with E-state index in [0.29, 0.717) is 22.7 Å². The fraction of sp³-hybridized carbons (Fsp3) is 0.364. The highest BCUT2D eigenvalue weighted by atomic mass is 35.5. The molecule has 0 radical (unpaired) electrons. The highest BCUT2D eigenvalue weighted by Gasteiger charge is 2.31. The van der Waals surface area contributed by atoms with Gasteiger partial charge >= 0.3 is 0 Å². The second-order valence-electron chi connectivity index (χ2n) is 7.84. The number of benzene rings is 2. The Bertz CT molecular complexity index is 1240. The minimum Gasteiger partial charge on any atom is -0.355 e. The van der Waals surface area contributed by atoms with Crippen LogP contribution in [0.25, 0.3) is 0 Å². The van der Waals surface area contributed by atoms with Crippen molar-refractivity contribution in [3.05, 3.63) is 67.7 Å². The van der Waals surface area contributed by atoms with E-state index < -0.39 is 39.3 Å². The molecule has 2 amide bonds. The smallest absolute Gasteiger partial charge is 0.271 e. The molecule has 0 saturated heterocycles. The number of rotatable bonds is 10. The molecule has 0 aromatic heterocycles. The summed E-state index contributed by atoms with van der Waals surface area (Å²) in [5.74, 6) is -1.12. The Hall–Kier alpha value is -2.89. The second kappa shape index (κ2) is 11.7. The predicted octanol–water partition coefficient (Wildman–Crippen LogP) is 3.53. The summed E-state index contributed by atoms with van der Waals surface area (Å²) in [5.41, 5.74) is 0.660. The molecule has 0 aliphatic heterocycles. The SMILES string of the molecule is CCNC(=O)[C@H](C)N(Cc1ccc(Cl)c(Cl)c1)C(=O)CN(c1cc([N+](=O)[O-])ccc1C)S(C)(=O)=O. The van der Waals surface area contributed by atoms with Gasteiger partial charge in [-0.3, -0.25) is 24.0 Å². The number of nitro groups is 1. The van der Waals surface area contributed by atoms with Crippen molar-refractivity contribution in [1.82, 2.24) is 10.2 Å². The van der Waals surface area contributed by atoms with Crippen LogP contribution in [0.2, 0.25) is 10.0 Å². The molecule has 13 heteroatoms. The van der Waals surface area contributed by atoms with E-state index in [0.717, 1.165) is 16.6 Å². The van der Waals surface area contributed by atoms with Crippen LogP contribution >= 0.6 is 23.2 Å². The van der Waals surface area contributed by atoms with Crippen LogP contribution in [0.1, 0.15) is 25.0 Å². The van der Waals surface area contributed by atoms with Crippen molar-refractivity contribution in [3.8, 4) is 0 Å². The molecule has 1 N–H and O–H groups in total. The number of hydrogen-bond donors (Lipinski definition) is 1. The van der Waals surface area contributed by atoms with Crippen LogP contribution in [0.3, 0.4) is 0 Å². The van der Waals surface area contributed by atoms with Gasteiger partial charge in [0.15, 0.2) is 0 Å². The standard InChI is InChI=1S/C22H26Cl2N4O6S/c1-5-25-22(30)15(3)26(12-16-7-9-18(23)19(24)10-16)21(29)13-27(35(4,33)34)20-11-17(28(31)32)8-6-14(20)2/h6-11,15H,5,12-13H2,1-4H3,(H,25,30)/t15-/m0/s1. The number of amides is 2. The van der Waals surface area contributed by atoms with Crippen LogP contribution in [0, 0.1) is 17.0 Å². The van der Waals surface area contributed by atoms with E-state index >= 15 is 0 Å². The summed E-state index contributed by atoms with van der Waals surface area (Å²) in [6.07, 6.45) is 0.898. The van der Waals surface area contributed by atoms with Crippen molar-refractivity contribution in [1.29, 1.82) is 0 Å². The lowest BCUT2D eigenvalue weighted by molar-refractivity contribution is -0.384. The van der Waals surface area contributed by atoms with Gasteiger partial charge in [-0.15, -0.1) is 0 Å². The second-order valence-corrected chi connectivity index (χ2v) is 10.6. The highest BCUT2D eigenvalue weighted by molar-refractivity contribution is 7.92. The minimum atomic E-state index is -4.03. The number of aryl methyl sites for hydroxylation is 1. The molecule has 0 aliphatic rings. The van der Waals surface area contributed by atoms with Gasteiger partial charge in [0.25, 0.3) is 5.69 Å². The largest absolute Gasteiger partial charge is 0.355 e. The lowest BCUT2D eigenvalue weighted by Crippen LogP contribution is -2.51. The minimum absolute atomic E-state index is 0.00444. The molecule has 2 aromatic carbocycles. The first-order valence-electron chi connectivity index (χ1n) is 10.5. The quantitative estimate of drug-likeness (QED) is 0.359. The molecule has 0 heterocycles. The Morgan fingerprint density at radius 3 is 2.34 bits per heavy atom. The van der Waals surface area contributed by atoms with Gasteiger partial charge < -0.3 is 10.2 Å². The third-order valence-electron chi connectivity index (χ3n) is 5.21. The molecule has 0 spiro atoms. The Balaban J connectivity index is 2.49. The summed E-state index contributed by atoms with van der Waals surface area (Å²) < 4.78 is 26.1. The molecule has 0 fully saturated rings. The monoisotopic (exact) mass is 544 g/mol. The van der Waals surface area contributed by atoms with Gasteiger partial charge in [-0.25, -0.2) is 8.42 Å². The molecular formula is C22H26Cl2N4O6S. The summed E-state index contributed by atoms with van der Waals surface area (Å²) in [6, 6.07) is 7.53. The molecule has 0 unspecified atom stereocenters. The van der Waals surface area contributed by atoms with Gasteiger partial charge in [-0.05, 0) is 44.0 Å². The molecule has 2 rings (SSSR count). The average molecular weight is 545 g/mol. The maximum atomic E-state index is 13.5. The summed E-state index contributed by atoms with van der Waals surface area (Å²) in [7, 11) is -4.03. The molecule has 0 saturated carbocycles. The van der Waals surface area contributed by atoms with Gasteiger partial charge in [-0.1, -0.05) is 35.3 Å². The number of sulfonamides is 1. The van der Waals surface area contributed by atoms with Gasteiger partial charge in [-0.2, -0.15) is 0 Å². The molecule has 35 heavy (non-hydrogen) atoms. The molecular weight excluding hydrogens is 519 g/mol. The Morgan fingerprint density at radius 1 is 1.14 bits per heavy atom. The van der Waals surface area contributed by atoms with Gasteiger partial charge in [0.05, 0.1) is 26.9 Å². The van der Waals surface area contributed by atoms with Crippen molar-refractivity contribution >= 4 is 56.4 Å². The third kappa shape index (κ3) is 7.30. The lowest BCUT2D eigenvalue weighted by Gasteiger charge is -2.31. The number of hydrogen-bond acceptors (Lipinski definition) is 6. The van der Waals surface area contributed by atoms with Crippen LogP contribution in [0.4, 0.5) is 11.4 Å². The summed E-state index contributed by atoms with van der Waals surface area (Å²) in [6.45, 7) is 4.42. The molecule has 1 atom stereocenters. The van der Waals surface area contributed by atoms with E-state index in [1.165, 1.54) is 24.0 Å². The summed E-state index contributed by atoms with van der Waals surface area (Å²) in [4.78, 5) is 37.8. The van der Waals surface area contributed by atoms with Gasteiger partial charge in [0.2, 0.25) is 21.8 Å². The van der Waals surface area contributed by atoms with Crippen LogP contribution < -0.4 is 9.62 Å². The molecule has 2 aromatic rings. The number of nitro benzene ring substituents is 1. The molecule has 10 nitrogen and oxygen atoms in total. The summed E-state index contributed by atoms with van der Waals surface area (Å²) >= 11 is 12.1. The van der Waals surface area contributed by atoms with Crippen molar-refractivity contribution in [2.45, 2.75) is 33.4 Å². The van der Waals surface area contributed by atoms with Crippen molar-refractivity contribution in [2.24, 2.45) is 0 Å². The number of carbonyl (C=O) groups excluding carboxylic acids is 2. The predicted molar refractivity (Wildman–Crippen MR) is 135 cm³/mol. The van der Waals surface area contributed by atoms with Crippen molar-refractivity contribution in [2.75, 3.05) is 23.7 Å². The number of nitrogens with zero attached hydrogens (tertiary/aromatic N) is 3. The average Bonchev–Trinajstić information content (AvgIpc) is 2.77. The van der Waals surface area contributed by atoms with Crippen LogP contribution in [-0.4, -0.2) is 55.4 Å². The van der Waals surface area contributed by atoms with E-state index in [1.807, 2.05) is 0 Å². The van der Waals surface area contributed by atoms with E-state index in [2.05, 4.69) is 5.32 Å². The normalized spacial score (nSPS) is 12.1.